The minimum absolute atomic E-state index is 0. The summed E-state index contributed by atoms with van der Waals surface area (Å²) in [5.41, 5.74) is 0.610. The summed E-state index contributed by atoms with van der Waals surface area (Å²) in [6, 6.07) is 5.13. The molecule has 1 saturated heterocycles. The fraction of sp³-hybridized carbons (Fsp3) is 0.533. The molecule has 2 unspecified atom stereocenters. The molecule has 1 aromatic carbocycles. The van der Waals surface area contributed by atoms with Gasteiger partial charge in [0, 0.05) is 25.7 Å². The predicted molar refractivity (Wildman–Crippen MR) is 87.4 cm³/mol. The number of hydrogen-bond acceptors (Lipinski definition) is 6. The molecule has 1 heterocycles. The summed E-state index contributed by atoms with van der Waals surface area (Å²) >= 11 is 0. The Balaban J connectivity index is 0.00000264. The van der Waals surface area contributed by atoms with Crippen LogP contribution in [0.15, 0.2) is 18.2 Å². The Kier molecular flexibility index (Phi) is 8.11. The van der Waals surface area contributed by atoms with Crippen LogP contribution in [0.5, 0.6) is 11.5 Å². The van der Waals surface area contributed by atoms with E-state index in [0.29, 0.717) is 30.2 Å². The molecule has 0 bridgehead atoms. The maximum atomic E-state index is 11.9. The van der Waals surface area contributed by atoms with Gasteiger partial charge in [0.25, 0.3) is 5.91 Å². The molecule has 0 aliphatic carbocycles. The van der Waals surface area contributed by atoms with Crippen molar-refractivity contribution in [2.24, 2.45) is 0 Å². The quantitative estimate of drug-likeness (QED) is 0.685. The summed E-state index contributed by atoms with van der Waals surface area (Å²) in [4.78, 5) is 11.9. The van der Waals surface area contributed by atoms with Gasteiger partial charge in [-0.05, 0) is 17.7 Å². The van der Waals surface area contributed by atoms with E-state index in [1.165, 1.54) is 0 Å². The lowest BCUT2D eigenvalue weighted by Crippen LogP contribution is -2.48. The van der Waals surface area contributed by atoms with Crippen LogP contribution in [0, 0.1) is 0 Å². The maximum Gasteiger partial charge on any atom is 0.250 e. The van der Waals surface area contributed by atoms with Crippen LogP contribution in [0.25, 0.3) is 0 Å². The van der Waals surface area contributed by atoms with Crippen molar-refractivity contribution in [2.75, 3.05) is 40.5 Å². The summed E-state index contributed by atoms with van der Waals surface area (Å²) in [6.07, 6.45) is -1.37. The topological polar surface area (TPSA) is 89.0 Å². The van der Waals surface area contributed by atoms with Crippen molar-refractivity contribution < 1.29 is 24.1 Å². The Morgan fingerprint density at radius 2 is 2.04 bits per heavy atom. The van der Waals surface area contributed by atoms with Crippen molar-refractivity contribution in [3.05, 3.63) is 23.8 Å². The van der Waals surface area contributed by atoms with Crippen LogP contribution in [0.3, 0.4) is 0 Å². The number of hydrogen-bond donors (Lipinski definition) is 3. The highest BCUT2D eigenvalue weighted by molar-refractivity contribution is 5.85. The molecular weight excluding hydrogens is 324 g/mol. The highest BCUT2D eigenvalue weighted by Crippen LogP contribution is 2.26. The number of aliphatic hydroxyl groups excluding tert-OH is 1. The minimum atomic E-state index is -0.857. The lowest BCUT2D eigenvalue weighted by atomic mass is 10.1. The van der Waals surface area contributed by atoms with Crippen LogP contribution in [0.2, 0.25) is 0 Å². The van der Waals surface area contributed by atoms with E-state index in [9.17, 15) is 9.90 Å². The third-order valence-electron chi connectivity index (χ3n) is 3.45. The van der Waals surface area contributed by atoms with Gasteiger partial charge in [0.2, 0.25) is 0 Å². The van der Waals surface area contributed by atoms with Crippen molar-refractivity contribution >= 4 is 18.3 Å². The summed E-state index contributed by atoms with van der Waals surface area (Å²) in [5.74, 6) is 0.931. The van der Waals surface area contributed by atoms with Crippen molar-refractivity contribution in [3.8, 4) is 11.5 Å². The van der Waals surface area contributed by atoms with E-state index in [1.807, 2.05) is 0 Å². The second kappa shape index (κ2) is 9.57. The number of morpholine rings is 1. The van der Waals surface area contributed by atoms with Crippen molar-refractivity contribution in [2.45, 2.75) is 12.2 Å². The molecule has 7 nitrogen and oxygen atoms in total. The van der Waals surface area contributed by atoms with Gasteiger partial charge in [0.1, 0.15) is 17.6 Å². The van der Waals surface area contributed by atoms with Gasteiger partial charge in [-0.15, -0.1) is 12.4 Å². The van der Waals surface area contributed by atoms with Gasteiger partial charge in [-0.1, -0.05) is 0 Å². The molecule has 2 atom stereocenters. The lowest BCUT2D eigenvalue weighted by molar-refractivity contribution is -0.134. The van der Waals surface area contributed by atoms with E-state index in [2.05, 4.69) is 10.6 Å². The number of nitrogens with one attached hydrogen (secondary N) is 2. The predicted octanol–water partition coefficient (Wildman–Crippen LogP) is 0.264. The average Bonchev–Trinajstić information content (AvgIpc) is 2.59. The Morgan fingerprint density at radius 1 is 1.39 bits per heavy atom. The average molecular weight is 347 g/mol. The number of methoxy groups -OCH3 is 2. The van der Waals surface area contributed by atoms with Crippen LogP contribution in [-0.4, -0.2) is 57.6 Å². The standard InChI is InChI=1S/C15H22N2O5.ClH/c1-20-11-5-10(6-12(7-11)21-2)13(18)8-17-15(19)14-9-16-3-4-22-14;/h5-7,13-14,16,18H,3-4,8-9H2,1-2H3,(H,17,19);1H. The van der Waals surface area contributed by atoms with E-state index >= 15 is 0 Å². The van der Waals surface area contributed by atoms with Gasteiger partial charge < -0.3 is 30.0 Å². The zero-order chi connectivity index (χ0) is 15.9. The minimum Gasteiger partial charge on any atom is -0.497 e. The van der Waals surface area contributed by atoms with Gasteiger partial charge in [0.05, 0.1) is 26.9 Å². The fourth-order valence-electron chi connectivity index (χ4n) is 2.18. The summed E-state index contributed by atoms with van der Waals surface area (Å²) in [7, 11) is 3.08. The van der Waals surface area contributed by atoms with Gasteiger partial charge in [-0.3, -0.25) is 4.79 Å². The molecule has 1 aromatic rings. The first kappa shape index (κ1) is 19.5. The van der Waals surface area contributed by atoms with Crippen LogP contribution in [-0.2, 0) is 9.53 Å². The normalized spacial score (nSPS) is 18.5. The molecule has 0 radical (unpaired) electrons. The van der Waals surface area contributed by atoms with Crippen molar-refractivity contribution in [1.82, 2.24) is 10.6 Å². The van der Waals surface area contributed by atoms with Crippen LogP contribution in [0.1, 0.15) is 11.7 Å². The van der Waals surface area contributed by atoms with Gasteiger partial charge >= 0.3 is 0 Å². The molecule has 130 valence electrons. The summed E-state index contributed by atoms with van der Waals surface area (Å²) in [5, 5.41) is 16.0. The Labute approximate surface area is 141 Å². The molecule has 0 aromatic heterocycles. The first-order valence-electron chi connectivity index (χ1n) is 7.15. The smallest absolute Gasteiger partial charge is 0.250 e. The van der Waals surface area contributed by atoms with E-state index in [1.54, 1.807) is 32.4 Å². The molecule has 1 amide bonds. The fourth-order valence-corrected chi connectivity index (χ4v) is 2.18. The molecule has 0 saturated carbocycles. The second-order valence-electron chi connectivity index (χ2n) is 4.97. The summed E-state index contributed by atoms with van der Waals surface area (Å²) < 4.78 is 15.7. The number of carbonyl (C=O) groups excluding carboxylic acids is 1. The molecule has 2 rings (SSSR count). The second-order valence-corrected chi connectivity index (χ2v) is 4.97. The van der Waals surface area contributed by atoms with E-state index < -0.39 is 12.2 Å². The number of aliphatic hydroxyl groups is 1. The number of ether oxygens (including phenoxy) is 3. The monoisotopic (exact) mass is 346 g/mol. The van der Waals surface area contributed by atoms with Crippen LogP contribution in [0.4, 0.5) is 0 Å². The maximum absolute atomic E-state index is 11.9. The van der Waals surface area contributed by atoms with Gasteiger partial charge in [-0.2, -0.15) is 0 Å². The van der Waals surface area contributed by atoms with Crippen LogP contribution < -0.4 is 20.1 Å². The largest absolute Gasteiger partial charge is 0.497 e. The third kappa shape index (κ3) is 5.54. The Morgan fingerprint density at radius 3 is 2.57 bits per heavy atom. The molecule has 1 fully saturated rings. The third-order valence-corrected chi connectivity index (χ3v) is 3.45. The molecule has 23 heavy (non-hydrogen) atoms. The number of benzene rings is 1. The zero-order valence-corrected chi connectivity index (χ0v) is 14.0. The molecule has 0 spiro atoms. The molecular formula is C15H23ClN2O5. The molecule has 8 heteroatoms. The van der Waals surface area contributed by atoms with Crippen molar-refractivity contribution in [1.29, 1.82) is 0 Å². The van der Waals surface area contributed by atoms with E-state index in [0.717, 1.165) is 6.54 Å². The number of amides is 1. The first-order valence-corrected chi connectivity index (χ1v) is 7.15. The van der Waals surface area contributed by atoms with Gasteiger partial charge in [0.15, 0.2) is 0 Å². The van der Waals surface area contributed by atoms with E-state index in [4.69, 9.17) is 14.2 Å². The number of carbonyl (C=O) groups is 1. The molecule has 1 aliphatic rings. The summed E-state index contributed by atoms with van der Waals surface area (Å²) in [6.45, 7) is 1.83. The SMILES string of the molecule is COc1cc(OC)cc(C(O)CNC(=O)C2CNCCO2)c1.Cl. The molecule has 1 aliphatic heterocycles. The highest BCUT2D eigenvalue weighted by Gasteiger charge is 2.22. The van der Waals surface area contributed by atoms with Crippen LogP contribution >= 0.6 is 12.4 Å². The first-order chi connectivity index (χ1) is 10.6. The lowest BCUT2D eigenvalue weighted by Gasteiger charge is -2.23. The van der Waals surface area contributed by atoms with Gasteiger partial charge in [-0.25, -0.2) is 0 Å². The zero-order valence-electron chi connectivity index (χ0n) is 13.2. The van der Waals surface area contributed by atoms with E-state index in [-0.39, 0.29) is 24.9 Å². The molecule has 3 N–H and O–H groups in total. The van der Waals surface area contributed by atoms with Crippen molar-refractivity contribution in [3.63, 3.8) is 0 Å². The number of rotatable bonds is 6. The Hall–Kier alpha value is -1.54. The highest BCUT2D eigenvalue weighted by atomic mass is 35.5. The number of halogens is 1. The Bertz CT molecular complexity index is 486.